The molecule has 0 spiro atoms. The number of halogens is 1. The lowest BCUT2D eigenvalue weighted by Crippen LogP contribution is -2.39. The molecule has 0 fully saturated rings. The number of nitrogens with one attached hydrogen (secondary N) is 1. The summed E-state index contributed by atoms with van der Waals surface area (Å²) in [5.74, 6) is 0.906. The maximum Gasteiger partial charge on any atom is 0.193 e. The van der Waals surface area contributed by atoms with Gasteiger partial charge in [0.05, 0.1) is 0 Å². The third-order valence-electron chi connectivity index (χ3n) is 2.82. The van der Waals surface area contributed by atoms with Crippen molar-refractivity contribution in [1.82, 2.24) is 10.2 Å². The van der Waals surface area contributed by atoms with Crippen molar-refractivity contribution >= 4 is 17.6 Å². The van der Waals surface area contributed by atoms with E-state index in [4.69, 9.17) is 11.6 Å². The van der Waals surface area contributed by atoms with Gasteiger partial charge in [-0.1, -0.05) is 43.1 Å². The molecule has 0 heterocycles. The number of hydrogen-bond acceptors (Lipinski definition) is 1. The van der Waals surface area contributed by atoms with Crippen LogP contribution in [-0.2, 0) is 6.54 Å². The number of unbranched alkanes of at least 4 members (excludes halogenated alkanes) is 1. The fourth-order valence-electron chi connectivity index (χ4n) is 1.70. The van der Waals surface area contributed by atoms with Gasteiger partial charge in [0.2, 0.25) is 0 Å². The molecule has 0 aliphatic carbocycles. The molecule has 1 aromatic rings. The Hall–Kier alpha value is -1.22. The first kappa shape index (κ1) is 14.8. The molecule has 1 N–H and O–H groups in total. The topological polar surface area (TPSA) is 27.6 Å². The minimum atomic E-state index is 0.697. The van der Waals surface area contributed by atoms with Crippen molar-refractivity contribution in [3.8, 4) is 0 Å². The van der Waals surface area contributed by atoms with E-state index in [1.54, 1.807) is 7.05 Å². The second kappa shape index (κ2) is 7.98. The highest BCUT2D eigenvalue weighted by Gasteiger charge is 2.05. The van der Waals surface area contributed by atoms with E-state index in [1.807, 2.05) is 24.3 Å². The van der Waals surface area contributed by atoms with Crippen LogP contribution in [0.2, 0.25) is 5.02 Å². The third kappa shape index (κ3) is 4.57. The molecule has 0 saturated heterocycles. The monoisotopic (exact) mass is 267 g/mol. The number of aliphatic imine (C=N–C) groups is 1. The van der Waals surface area contributed by atoms with Gasteiger partial charge in [0, 0.05) is 32.2 Å². The number of guanidine groups is 1. The summed E-state index contributed by atoms with van der Waals surface area (Å²) in [6.45, 7) is 3.90. The van der Waals surface area contributed by atoms with Crippen molar-refractivity contribution in [3.05, 3.63) is 34.9 Å². The highest BCUT2D eigenvalue weighted by atomic mass is 35.5. The maximum atomic E-state index is 6.12. The van der Waals surface area contributed by atoms with Crippen LogP contribution in [0.3, 0.4) is 0 Å². The molecular weight excluding hydrogens is 246 g/mol. The van der Waals surface area contributed by atoms with Gasteiger partial charge in [-0.2, -0.15) is 0 Å². The largest absolute Gasteiger partial charge is 0.352 e. The van der Waals surface area contributed by atoms with Crippen molar-refractivity contribution in [1.29, 1.82) is 0 Å². The smallest absolute Gasteiger partial charge is 0.193 e. The molecule has 0 saturated carbocycles. The van der Waals surface area contributed by atoms with Crippen LogP contribution in [0.25, 0.3) is 0 Å². The Morgan fingerprint density at radius 1 is 1.39 bits per heavy atom. The first-order valence-electron chi connectivity index (χ1n) is 6.34. The van der Waals surface area contributed by atoms with Gasteiger partial charge in [0.15, 0.2) is 5.96 Å². The van der Waals surface area contributed by atoms with Crippen molar-refractivity contribution in [2.24, 2.45) is 4.99 Å². The predicted octanol–water partition coefficient (Wildman–Crippen LogP) is 3.15. The Bertz CT molecular complexity index is 390. The van der Waals surface area contributed by atoms with Gasteiger partial charge in [-0.15, -0.1) is 0 Å². The molecule has 1 rings (SSSR count). The van der Waals surface area contributed by atoms with Gasteiger partial charge < -0.3 is 10.2 Å². The van der Waals surface area contributed by atoms with E-state index in [1.165, 1.54) is 12.8 Å². The summed E-state index contributed by atoms with van der Waals surface area (Å²) in [4.78, 5) is 6.41. The molecule has 1 aromatic carbocycles. The van der Waals surface area contributed by atoms with Crippen LogP contribution in [0, 0.1) is 0 Å². The number of hydrogen-bond donors (Lipinski definition) is 1. The van der Waals surface area contributed by atoms with Crippen molar-refractivity contribution in [2.45, 2.75) is 26.3 Å². The van der Waals surface area contributed by atoms with E-state index in [0.29, 0.717) is 6.54 Å². The van der Waals surface area contributed by atoms with Gasteiger partial charge in [-0.3, -0.25) is 4.99 Å². The first-order valence-corrected chi connectivity index (χ1v) is 6.72. The van der Waals surface area contributed by atoms with Crippen LogP contribution in [-0.4, -0.2) is 31.5 Å². The molecule has 0 bridgehead atoms. The van der Waals surface area contributed by atoms with Gasteiger partial charge in [-0.05, 0) is 18.1 Å². The van der Waals surface area contributed by atoms with Crippen molar-refractivity contribution in [2.75, 3.05) is 20.6 Å². The van der Waals surface area contributed by atoms with Crippen molar-refractivity contribution < 1.29 is 0 Å². The molecule has 0 aromatic heterocycles. The summed E-state index contributed by atoms with van der Waals surface area (Å²) in [5, 5.41) is 4.12. The van der Waals surface area contributed by atoms with E-state index in [0.717, 1.165) is 23.1 Å². The van der Waals surface area contributed by atoms with E-state index < -0.39 is 0 Å². The predicted molar refractivity (Wildman–Crippen MR) is 79.2 cm³/mol. The summed E-state index contributed by atoms with van der Waals surface area (Å²) >= 11 is 6.12. The van der Waals surface area contributed by atoms with E-state index in [9.17, 15) is 0 Å². The summed E-state index contributed by atoms with van der Waals surface area (Å²) in [6, 6.07) is 7.86. The van der Waals surface area contributed by atoms with Gasteiger partial charge in [0.1, 0.15) is 0 Å². The zero-order chi connectivity index (χ0) is 13.4. The molecule has 3 nitrogen and oxygen atoms in total. The second-order valence-corrected chi connectivity index (χ2v) is 4.67. The zero-order valence-corrected chi connectivity index (χ0v) is 12.2. The van der Waals surface area contributed by atoms with Gasteiger partial charge in [0.25, 0.3) is 0 Å². The molecular formula is C14H22ClN3. The van der Waals surface area contributed by atoms with Crippen LogP contribution in [0.1, 0.15) is 25.3 Å². The fourth-order valence-corrected chi connectivity index (χ4v) is 1.90. The molecule has 0 amide bonds. The van der Waals surface area contributed by atoms with Crippen LogP contribution in [0.4, 0.5) is 0 Å². The van der Waals surface area contributed by atoms with E-state index >= 15 is 0 Å². The van der Waals surface area contributed by atoms with Crippen LogP contribution < -0.4 is 5.32 Å². The lowest BCUT2D eigenvalue weighted by molar-refractivity contribution is 0.464. The van der Waals surface area contributed by atoms with Crippen LogP contribution >= 0.6 is 11.6 Å². The maximum absolute atomic E-state index is 6.12. The Morgan fingerprint density at radius 3 is 2.72 bits per heavy atom. The Kier molecular flexibility index (Phi) is 6.58. The highest BCUT2D eigenvalue weighted by Crippen LogP contribution is 2.14. The normalized spacial score (nSPS) is 11.4. The summed E-state index contributed by atoms with van der Waals surface area (Å²) in [5.41, 5.74) is 1.09. The molecule has 100 valence electrons. The van der Waals surface area contributed by atoms with Gasteiger partial charge >= 0.3 is 0 Å². The quantitative estimate of drug-likeness (QED) is 0.656. The molecule has 0 unspecified atom stereocenters. The summed E-state index contributed by atoms with van der Waals surface area (Å²) < 4.78 is 0. The average molecular weight is 268 g/mol. The first-order chi connectivity index (χ1) is 8.69. The van der Waals surface area contributed by atoms with E-state index in [2.05, 4.69) is 29.2 Å². The van der Waals surface area contributed by atoms with Gasteiger partial charge in [-0.25, -0.2) is 0 Å². The number of benzene rings is 1. The lowest BCUT2D eigenvalue weighted by atomic mass is 10.2. The molecule has 18 heavy (non-hydrogen) atoms. The molecule has 0 atom stereocenters. The molecule has 0 aliphatic rings. The Balaban J connectivity index is 2.52. The SMILES string of the molecule is CCCCN(C)C(=NC)NCc1ccccc1Cl. The van der Waals surface area contributed by atoms with E-state index in [-0.39, 0.29) is 0 Å². The Labute approximate surface area is 115 Å². The minimum Gasteiger partial charge on any atom is -0.352 e. The highest BCUT2D eigenvalue weighted by molar-refractivity contribution is 6.31. The van der Waals surface area contributed by atoms with Crippen LogP contribution in [0.5, 0.6) is 0 Å². The standard InChI is InChI=1S/C14H22ClN3/c1-4-5-10-18(3)14(16-2)17-11-12-8-6-7-9-13(12)15/h6-9H,4-5,10-11H2,1-3H3,(H,16,17). The summed E-state index contributed by atoms with van der Waals surface area (Å²) in [7, 11) is 3.86. The van der Waals surface area contributed by atoms with Crippen molar-refractivity contribution in [3.63, 3.8) is 0 Å². The Morgan fingerprint density at radius 2 is 2.11 bits per heavy atom. The molecule has 4 heteroatoms. The number of nitrogens with zero attached hydrogens (tertiary/aromatic N) is 2. The van der Waals surface area contributed by atoms with Crippen LogP contribution in [0.15, 0.2) is 29.3 Å². The average Bonchev–Trinajstić information content (AvgIpc) is 2.39. The third-order valence-corrected chi connectivity index (χ3v) is 3.18. The molecule has 0 aliphatic heterocycles. The summed E-state index contributed by atoms with van der Waals surface area (Å²) in [6.07, 6.45) is 2.36. The molecule has 0 radical (unpaired) electrons. The second-order valence-electron chi connectivity index (χ2n) is 4.27. The minimum absolute atomic E-state index is 0.697. The lowest BCUT2D eigenvalue weighted by Gasteiger charge is -2.22. The zero-order valence-electron chi connectivity index (χ0n) is 11.4. The fraction of sp³-hybridized carbons (Fsp3) is 0.500. The number of rotatable bonds is 5.